The molecule has 1 fully saturated rings. The molecule has 1 aliphatic rings. The zero-order chi connectivity index (χ0) is 19.5. The van der Waals surface area contributed by atoms with E-state index in [0.717, 1.165) is 29.7 Å². The van der Waals surface area contributed by atoms with Crippen LogP contribution in [0.2, 0.25) is 0 Å². The highest BCUT2D eigenvalue weighted by atomic mass is 16.2. The normalized spacial score (nSPS) is 13.3. The van der Waals surface area contributed by atoms with Crippen molar-refractivity contribution in [2.45, 2.75) is 32.4 Å². The van der Waals surface area contributed by atoms with Gasteiger partial charge in [-0.25, -0.2) is 14.3 Å². The molecule has 0 aliphatic heterocycles. The second-order valence-electron chi connectivity index (χ2n) is 6.92. The van der Waals surface area contributed by atoms with Crippen LogP contribution in [0.25, 0.3) is 11.4 Å². The van der Waals surface area contributed by atoms with Crippen molar-refractivity contribution in [3.63, 3.8) is 0 Å². The van der Waals surface area contributed by atoms with E-state index >= 15 is 0 Å². The molecule has 0 atom stereocenters. The van der Waals surface area contributed by atoms with Gasteiger partial charge in [-0.1, -0.05) is 17.7 Å². The van der Waals surface area contributed by atoms with E-state index in [1.807, 2.05) is 43.3 Å². The predicted octanol–water partition coefficient (Wildman–Crippen LogP) is 2.57. The number of hydrogen-bond donors (Lipinski definition) is 2. The fourth-order valence-electron chi connectivity index (χ4n) is 3.01. The number of carbonyl (C=O) groups excluding carboxylic acids is 1. The molecule has 0 bridgehead atoms. The van der Waals surface area contributed by atoms with E-state index in [1.165, 1.54) is 4.68 Å². The van der Waals surface area contributed by atoms with Gasteiger partial charge in [0.25, 0.3) is 0 Å². The van der Waals surface area contributed by atoms with Gasteiger partial charge in [0.05, 0.1) is 6.54 Å². The summed E-state index contributed by atoms with van der Waals surface area (Å²) in [5, 5.41) is 10.0. The highest BCUT2D eigenvalue weighted by molar-refractivity contribution is 5.89. The minimum Gasteiger partial charge on any atom is -0.336 e. The quantitative estimate of drug-likeness (QED) is 0.689. The molecule has 4 rings (SSSR count). The Kier molecular flexibility index (Phi) is 4.92. The topological polar surface area (TPSA) is 93.8 Å². The number of carbonyl (C=O) groups is 1. The van der Waals surface area contributed by atoms with Crippen molar-refractivity contribution in [3.05, 3.63) is 64.8 Å². The van der Waals surface area contributed by atoms with E-state index in [1.54, 1.807) is 17.0 Å². The molecule has 28 heavy (non-hydrogen) atoms. The van der Waals surface area contributed by atoms with Crippen LogP contribution in [0.4, 0.5) is 10.5 Å². The lowest BCUT2D eigenvalue weighted by atomic mass is 10.2. The number of anilines is 1. The summed E-state index contributed by atoms with van der Waals surface area (Å²) in [7, 11) is 0. The average molecular weight is 378 g/mol. The number of nitrogens with zero attached hydrogens (tertiary/aromatic N) is 4. The third kappa shape index (κ3) is 3.95. The van der Waals surface area contributed by atoms with Crippen molar-refractivity contribution in [2.24, 2.45) is 0 Å². The highest BCUT2D eigenvalue weighted by Gasteiger charge is 2.30. The molecule has 144 valence electrons. The highest BCUT2D eigenvalue weighted by Crippen LogP contribution is 2.36. The predicted molar refractivity (Wildman–Crippen MR) is 106 cm³/mol. The first-order chi connectivity index (χ1) is 13.6. The molecule has 0 saturated heterocycles. The number of hydrogen-bond acceptors (Lipinski definition) is 4. The minimum absolute atomic E-state index is 0.151. The Morgan fingerprint density at radius 1 is 1.21 bits per heavy atom. The summed E-state index contributed by atoms with van der Waals surface area (Å²) in [5.74, 6) is 0.629. The largest absolute Gasteiger partial charge is 0.346 e. The summed E-state index contributed by atoms with van der Waals surface area (Å²) in [5.41, 5.74) is 2.51. The Bertz CT molecular complexity index is 1020. The molecule has 1 aromatic carbocycles. The van der Waals surface area contributed by atoms with Crippen molar-refractivity contribution in [3.8, 4) is 11.4 Å². The van der Waals surface area contributed by atoms with E-state index in [-0.39, 0.29) is 17.8 Å². The van der Waals surface area contributed by atoms with Gasteiger partial charge in [0.1, 0.15) is 0 Å². The van der Waals surface area contributed by atoms with Gasteiger partial charge >= 0.3 is 11.7 Å². The Morgan fingerprint density at radius 3 is 2.68 bits per heavy atom. The number of urea groups is 1. The lowest BCUT2D eigenvalue weighted by Crippen LogP contribution is -2.34. The van der Waals surface area contributed by atoms with E-state index in [9.17, 15) is 9.59 Å². The molecule has 0 spiro atoms. The van der Waals surface area contributed by atoms with Crippen LogP contribution in [0, 0.1) is 6.92 Å². The van der Waals surface area contributed by atoms with Gasteiger partial charge in [-0.15, -0.1) is 5.10 Å². The van der Waals surface area contributed by atoms with Crippen LogP contribution in [-0.4, -0.2) is 31.9 Å². The number of amides is 2. The van der Waals surface area contributed by atoms with Crippen molar-refractivity contribution in [1.29, 1.82) is 0 Å². The lowest BCUT2D eigenvalue weighted by Gasteiger charge is -2.07. The third-order valence-corrected chi connectivity index (χ3v) is 4.62. The first kappa shape index (κ1) is 18.0. The maximum Gasteiger partial charge on any atom is 0.346 e. The van der Waals surface area contributed by atoms with E-state index in [4.69, 9.17) is 0 Å². The maximum absolute atomic E-state index is 12.8. The van der Waals surface area contributed by atoms with E-state index in [0.29, 0.717) is 18.9 Å². The zero-order valence-electron chi connectivity index (χ0n) is 15.6. The summed E-state index contributed by atoms with van der Waals surface area (Å²) in [6, 6.07) is 11.2. The van der Waals surface area contributed by atoms with Crippen LogP contribution in [0.1, 0.15) is 24.4 Å². The van der Waals surface area contributed by atoms with Gasteiger partial charge in [0.15, 0.2) is 5.82 Å². The van der Waals surface area contributed by atoms with Crippen LogP contribution in [0.5, 0.6) is 0 Å². The minimum atomic E-state index is -0.314. The van der Waals surface area contributed by atoms with Crippen LogP contribution >= 0.6 is 0 Å². The van der Waals surface area contributed by atoms with Crippen LogP contribution in [-0.2, 0) is 6.54 Å². The van der Waals surface area contributed by atoms with Gasteiger partial charge in [-0.3, -0.25) is 9.55 Å². The van der Waals surface area contributed by atoms with Crippen molar-refractivity contribution in [2.75, 3.05) is 11.9 Å². The molecule has 0 radical (unpaired) electrons. The molecule has 8 nitrogen and oxygen atoms in total. The van der Waals surface area contributed by atoms with Crippen molar-refractivity contribution < 1.29 is 4.79 Å². The Balaban J connectivity index is 1.42. The number of rotatable bonds is 6. The molecule has 8 heteroatoms. The molecular weight excluding hydrogens is 356 g/mol. The zero-order valence-corrected chi connectivity index (χ0v) is 15.6. The molecule has 2 amide bonds. The van der Waals surface area contributed by atoms with Crippen LogP contribution < -0.4 is 16.3 Å². The summed E-state index contributed by atoms with van der Waals surface area (Å²) in [6.07, 6.45) is 5.36. The first-order valence-electron chi connectivity index (χ1n) is 9.33. The van der Waals surface area contributed by atoms with E-state index in [2.05, 4.69) is 20.7 Å². The molecular formula is C20H22N6O2. The van der Waals surface area contributed by atoms with E-state index < -0.39 is 0 Å². The van der Waals surface area contributed by atoms with Gasteiger partial charge in [-0.05, 0) is 44.0 Å². The summed E-state index contributed by atoms with van der Waals surface area (Å²) >= 11 is 0. The van der Waals surface area contributed by atoms with Gasteiger partial charge < -0.3 is 10.6 Å². The number of aromatic nitrogens is 4. The smallest absolute Gasteiger partial charge is 0.336 e. The molecule has 3 aromatic rings. The SMILES string of the molecule is Cc1ccc(NC(=O)NCCn2nc(-c3cccnc3)n(C3CC3)c2=O)cc1. The molecule has 1 aliphatic carbocycles. The molecule has 2 N–H and O–H groups in total. The van der Waals surface area contributed by atoms with Crippen LogP contribution in [0.15, 0.2) is 53.6 Å². The van der Waals surface area contributed by atoms with Crippen molar-refractivity contribution in [1.82, 2.24) is 24.6 Å². The molecule has 0 unspecified atom stereocenters. The number of nitrogens with one attached hydrogen (secondary N) is 2. The standard InChI is InChI=1S/C20H22N6O2/c1-14-4-6-16(7-5-14)23-19(27)22-11-12-25-20(28)26(17-8-9-17)18(24-25)15-3-2-10-21-13-15/h2-7,10,13,17H,8-9,11-12H2,1H3,(H2,22,23,27). The molecule has 1 saturated carbocycles. The average Bonchev–Trinajstić information content (AvgIpc) is 3.48. The molecule has 2 heterocycles. The second-order valence-corrected chi connectivity index (χ2v) is 6.92. The fraction of sp³-hybridized carbons (Fsp3) is 0.300. The Hall–Kier alpha value is -3.42. The number of aryl methyl sites for hydroxylation is 1. The van der Waals surface area contributed by atoms with Crippen LogP contribution in [0.3, 0.4) is 0 Å². The molecule has 2 aromatic heterocycles. The van der Waals surface area contributed by atoms with Crippen molar-refractivity contribution >= 4 is 11.7 Å². The summed E-state index contributed by atoms with van der Waals surface area (Å²) in [4.78, 5) is 28.9. The third-order valence-electron chi connectivity index (χ3n) is 4.62. The number of pyridine rings is 1. The first-order valence-corrected chi connectivity index (χ1v) is 9.33. The van der Waals surface area contributed by atoms with Gasteiger partial charge in [0.2, 0.25) is 0 Å². The number of benzene rings is 1. The second kappa shape index (κ2) is 7.67. The Labute approximate surface area is 162 Å². The van der Waals surface area contributed by atoms with Gasteiger partial charge in [-0.2, -0.15) is 0 Å². The van der Waals surface area contributed by atoms with Gasteiger partial charge in [0, 0.05) is 36.2 Å². The lowest BCUT2D eigenvalue weighted by molar-refractivity contribution is 0.251. The summed E-state index contributed by atoms with van der Waals surface area (Å²) in [6.45, 7) is 2.58. The monoisotopic (exact) mass is 378 g/mol. The maximum atomic E-state index is 12.8. The Morgan fingerprint density at radius 2 is 2.00 bits per heavy atom. The fourth-order valence-corrected chi connectivity index (χ4v) is 3.01. The summed E-state index contributed by atoms with van der Waals surface area (Å²) < 4.78 is 3.15.